The summed E-state index contributed by atoms with van der Waals surface area (Å²) < 4.78 is 9.95. The number of nitrogens with two attached hydrogens (primary N) is 1. The van der Waals surface area contributed by atoms with Crippen molar-refractivity contribution >= 4 is 31.9 Å². The van der Waals surface area contributed by atoms with Gasteiger partial charge >= 0.3 is 0 Å². The molecule has 20 heavy (non-hydrogen) atoms. The first-order valence-corrected chi connectivity index (χ1v) is 8.09. The van der Waals surface area contributed by atoms with Gasteiger partial charge < -0.3 is 15.0 Å². The van der Waals surface area contributed by atoms with Gasteiger partial charge in [0.05, 0.1) is 27.2 Å². The van der Waals surface area contributed by atoms with E-state index in [4.69, 9.17) is 10.5 Å². The first-order chi connectivity index (χ1) is 9.69. The summed E-state index contributed by atoms with van der Waals surface area (Å²) in [4.78, 5) is 4.21. The Labute approximate surface area is 134 Å². The molecule has 1 saturated carbocycles. The van der Waals surface area contributed by atoms with Crippen molar-refractivity contribution < 1.29 is 4.74 Å². The molecule has 0 aliphatic heterocycles. The summed E-state index contributed by atoms with van der Waals surface area (Å²) in [6.45, 7) is 1.02. The minimum absolute atomic E-state index is 0.506. The van der Waals surface area contributed by atoms with Crippen LogP contribution in [0.25, 0.3) is 0 Å². The smallest absolute Gasteiger partial charge is 0.148 e. The minimum Gasteiger partial charge on any atom is -0.485 e. The number of ether oxygens (including phenoxy) is 1. The van der Waals surface area contributed by atoms with Gasteiger partial charge in [0.2, 0.25) is 0 Å². The molecule has 2 aromatic rings. The van der Waals surface area contributed by atoms with E-state index in [0.717, 1.165) is 26.0 Å². The van der Waals surface area contributed by atoms with E-state index in [9.17, 15) is 0 Å². The van der Waals surface area contributed by atoms with Gasteiger partial charge in [0.1, 0.15) is 12.4 Å². The van der Waals surface area contributed by atoms with E-state index in [1.54, 1.807) is 0 Å². The van der Waals surface area contributed by atoms with E-state index in [-0.39, 0.29) is 0 Å². The minimum atomic E-state index is 0.506. The average molecular weight is 401 g/mol. The molecule has 1 aromatic heterocycles. The Morgan fingerprint density at radius 3 is 2.60 bits per heavy atom. The predicted molar refractivity (Wildman–Crippen MR) is 84.6 cm³/mol. The number of imidazole rings is 1. The maximum absolute atomic E-state index is 5.93. The van der Waals surface area contributed by atoms with Crippen LogP contribution < -0.4 is 10.5 Å². The molecule has 0 unspecified atom stereocenters. The molecule has 0 bridgehead atoms. The van der Waals surface area contributed by atoms with Gasteiger partial charge in [0.15, 0.2) is 0 Å². The fourth-order valence-corrected chi connectivity index (χ4v) is 3.65. The van der Waals surface area contributed by atoms with Crippen molar-refractivity contribution in [3.63, 3.8) is 0 Å². The SMILES string of the molecule is NCc1cc(Br)c(OCc2cncn2C2CC2)c(Br)c1. The molecular formula is C14H15Br2N3O. The van der Waals surface area contributed by atoms with E-state index < -0.39 is 0 Å². The maximum Gasteiger partial charge on any atom is 0.148 e. The Kier molecular flexibility index (Phi) is 4.14. The van der Waals surface area contributed by atoms with Crippen LogP contribution in [-0.2, 0) is 13.2 Å². The molecule has 1 fully saturated rings. The summed E-state index contributed by atoms with van der Waals surface area (Å²) in [6.07, 6.45) is 6.23. The predicted octanol–water partition coefficient (Wildman–Crippen LogP) is 3.78. The van der Waals surface area contributed by atoms with Crippen LogP contribution in [0.1, 0.15) is 30.1 Å². The van der Waals surface area contributed by atoms with Crippen LogP contribution in [0.4, 0.5) is 0 Å². The molecule has 0 spiro atoms. The monoisotopic (exact) mass is 399 g/mol. The maximum atomic E-state index is 5.93. The summed E-state index contributed by atoms with van der Waals surface area (Å²) in [5.74, 6) is 0.797. The molecule has 1 aliphatic carbocycles. The van der Waals surface area contributed by atoms with E-state index in [1.165, 1.54) is 12.8 Å². The third kappa shape index (κ3) is 2.92. The Balaban J connectivity index is 1.76. The molecule has 1 aliphatic rings. The van der Waals surface area contributed by atoms with Crippen molar-refractivity contribution in [1.29, 1.82) is 0 Å². The van der Waals surface area contributed by atoms with Crippen LogP contribution in [0.3, 0.4) is 0 Å². The van der Waals surface area contributed by atoms with Crippen molar-refractivity contribution in [2.75, 3.05) is 0 Å². The Morgan fingerprint density at radius 1 is 1.30 bits per heavy atom. The third-order valence-electron chi connectivity index (χ3n) is 3.34. The lowest BCUT2D eigenvalue weighted by molar-refractivity contribution is 0.291. The molecule has 2 N–H and O–H groups in total. The van der Waals surface area contributed by atoms with Gasteiger partial charge in [-0.2, -0.15) is 0 Å². The summed E-state index contributed by atoms with van der Waals surface area (Å²) in [6, 6.07) is 4.58. The van der Waals surface area contributed by atoms with Crippen LogP contribution in [0, 0.1) is 0 Å². The van der Waals surface area contributed by atoms with Crippen molar-refractivity contribution in [2.45, 2.75) is 32.0 Å². The average Bonchev–Trinajstić information content (AvgIpc) is 3.17. The molecule has 106 valence electrons. The van der Waals surface area contributed by atoms with Crippen molar-refractivity contribution in [2.24, 2.45) is 5.73 Å². The first kappa shape index (κ1) is 14.1. The van der Waals surface area contributed by atoms with E-state index in [2.05, 4.69) is 41.4 Å². The van der Waals surface area contributed by atoms with Gasteiger partial charge in [0.25, 0.3) is 0 Å². The highest BCUT2D eigenvalue weighted by atomic mass is 79.9. The van der Waals surface area contributed by atoms with Crippen LogP contribution >= 0.6 is 31.9 Å². The second-order valence-electron chi connectivity index (χ2n) is 4.90. The van der Waals surface area contributed by atoms with Gasteiger partial charge in [-0.15, -0.1) is 0 Å². The van der Waals surface area contributed by atoms with Crippen molar-refractivity contribution in [3.05, 3.63) is 44.9 Å². The number of nitrogens with zero attached hydrogens (tertiary/aromatic N) is 2. The normalized spacial score (nSPS) is 14.6. The van der Waals surface area contributed by atoms with E-state index >= 15 is 0 Å². The number of hydrogen-bond acceptors (Lipinski definition) is 3. The van der Waals surface area contributed by atoms with Crippen LogP contribution in [-0.4, -0.2) is 9.55 Å². The molecule has 0 amide bonds. The molecule has 0 atom stereocenters. The lowest BCUT2D eigenvalue weighted by Crippen LogP contribution is -2.05. The molecule has 3 rings (SSSR count). The van der Waals surface area contributed by atoms with Crippen LogP contribution in [0.5, 0.6) is 5.75 Å². The Morgan fingerprint density at radius 2 is 2.00 bits per heavy atom. The number of hydrogen-bond donors (Lipinski definition) is 1. The van der Waals surface area contributed by atoms with Crippen molar-refractivity contribution in [1.82, 2.24) is 9.55 Å². The van der Waals surface area contributed by atoms with Crippen molar-refractivity contribution in [3.8, 4) is 5.75 Å². The molecule has 4 nitrogen and oxygen atoms in total. The largest absolute Gasteiger partial charge is 0.485 e. The highest BCUT2D eigenvalue weighted by Crippen LogP contribution is 2.37. The molecule has 1 heterocycles. The zero-order valence-corrected chi connectivity index (χ0v) is 14.0. The Hall–Kier alpha value is -0.850. The fourth-order valence-electron chi connectivity index (χ4n) is 2.14. The second kappa shape index (κ2) is 5.87. The van der Waals surface area contributed by atoms with Gasteiger partial charge in [-0.3, -0.25) is 0 Å². The zero-order chi connectivity index (χ0) is 14.1. The first-order valence-electron chi connectivity index (χ1n) is 6.50. The highest BCUT2D eigenvalue weighted by molar-refractivity contribution is 9.11. The molecule has 6 heteroatoms. The fraction of sp³-hybridized carbons (Fsp3) is 0.357. The topological polar surface area (TPSA) is 53.1 Å². The molecule has 0 saturated heterocycles. The van der Waals surface area contributed by atoms with Gasteiger partial charge in [-0.1, -0.05) is 0 Å². The molecule has 0 radical (unpaired) electrons. The van der Waals surface area contributed by atoms with Crippen LogP contribution in [0.2, 0.25) is 0 Å². The molecular weight excluding hydrogens is 386 g/mol. The lowest BCUT2D eigenvalue weighted by Gasteiger charge is -2.13. The number of rotatable bonds is 5. The molecule has 1 aromatic carbocycles. The standard InChI is InChI=1S/C14H15Br2N3O/c15-12-3-9(5-17)4-13(16)14(12)20-7-11-6-18-8-19(11)10-1-2-10/h3-4,6,8,10H,1-2,5,7,17H2. The van der Waals surface area contributed by atoms with E-state index in [1.807, 2.05) is 24.7 Å². The summed E-state index contributed by atoms with van der Waals surface area (Å²) in [5, 5.41) is 0. The van der Waals surface area contributed by atoms with Gasteiger partial charge in [-0.05, 0) is 62.4 Å². The quantitative estimate of drug-likeness (QED) is 0.830. The van der Waals surface area contributed by atoms with Gasteiger partial charge in [-0.25, -0.2) is 4.98 Å². The van der Waals surface area contributed by atoms with Crippen LogP contribution in [0.15, 0.2) is 33.6 Å². The third-order valence-corrected chi connectivity index (χ3v) is 4.52. The Bertz CT molecular complexity index is 600. The van der Waals surface area contributed by atoms with Gasteiger partial charge in [0, 0.05) is 12.6 Å². The summed E-state index contributed by atoms with van der Waals surface area (Å²) in [5.41, 5.74) is 7.82. The zero-order valence-electron chi connectivity index (χ0n) is 10.9. The second-order valence-corrected chi connectivity index (χ2v) is 6.61. The number of aromatic nitrogens is 2. The number of benzene rings is 1. The summed E-state index contributed by atoms with van der Waals surface area (Å²) in [7, 11) is 0. The lowest BCUT2D eigenvalue weighted by atomic mass is 10.2. The van der Waals surface area contributed by atoms with E-state index in [0.29, 0.717) is 19.2 Å². The summed E-state index contributed by atoms with van der Waals surface area (Å²) >= 11 is 7.06. The number of halogens is 2. The highest BCUT2D eigenvalue weighted by Gasteiger charge is 2.25.